The van der Waals surface area contributed by atoms with Crippen molar-refractivity contribution in [2.45, 2.75) is 32.4 Å². The maximum absolute atomic E-state index is 6.10. The third-order valence-electron chi connectivity index (χ3n) is 3.05. The maximum atomic E-state index is 6.10. The fraction of sp³-hybridized carbons (Fsp3) is 0.385. The van der Waals surface area contributed by atoms with E-state index >= 15 is 0 Å². The summed E-state index contributed by atoms with van der Waals surface area (Å²) in [5.41, 5.74) is 2.02. The summed E-state index contributed by atoms with van der Waals surface area (Å²) in [4.78, 5) is 0. The third kappa shape index (κ3) is 1.83. The zero-order chi connectivity index (χ0) is 11.1. The number of aryl methyl sites for hydroxylation is 1. The van der Waals surface area contributed by atoms with Crippen LogP contribution in [-0.4, -0.2) is 6.04 Å². The summed E-state index contributed by atoms with van der Waals surface area (Å²) in [7, 11) is 0. The molecule has 0 spiro atoms. The van der Waals surface area contributed by atoms with Crippen LogP contribution in [0.1, 0.15) is 24.2 Å². The molecule has 2 aromatic rings. The van der Waals surface area contributed by atoms with Crippen molar-refractivity contribution in [3.63, 3.8) is 0 Å². The van der Waals surface area contributed by atoms with Crippen LogP contribution in [0.3, 0.4) is 0 Å². The first-order valence-corrected chi connectivity index (χ1v) is 6.03. The van der Waals surface area contributed by atoms with Gasteiger partial charge in [-0.05, 0) is 37.5 Å². The lowest BCUT2D eigenvalue weighted by Gasteiger charge is -1.97. The molecule has 2 nitrogen and oxygen atoms in total. The highest BCUT2D eigenvalue weighted by Crippen LogP contribution is 2.29. The Labute approximate surface area is 99.6 Å². The fourth-order valence-electron chi connectivity index (χ4n) is 1.90. The Bertz CT molecular complexity index is 489. The molecule has 1 aromatic heterocycles. The van der Waals surface area contributed by atoms with E-state index in [1.54, 1.807) is 0 Å². The standard InChI is InChI=1S/C13H14ClNO/c1-8-2-5-12(14)13-11(8)6-10(16-13)7-15-9-3-4-9/h2,5-6,9,15H,3-4,7H2,1H3. The molecular formula is C13H14ClNO. The summed E-state index contributed by atoms with van der Waals surface area (Å²) in [6, 6.07) is 6.70. The predicted octanol–water partition coefficient (Wildman–Crippen LogP) is 3.65. The molecular weight excluding hydrogens is 222 g/mol. The summed E-state index contributed by atoms with van der Waals surface area (Å²) in [5.74, 6) is 0.970. The summed E-state index contributed by atoms with van der Waals surface area (Å²) >= 11 is 6.10. The SMILES string of the molecule is Cc1ccc(Cl)c2oc(CNC3CC3)cc12. The molecule has 1 aliphatic rings. The van der Waals surface area contributed by atoms with Gasteiger partial charge < -0.3 is 9.73 Å². The Morgan fingerprint density at radius 1 is 1.44 bits per heavy atom. The predicted molar refractivity (Wildman–Crippen MR) is 65.8 cm³/mol. The van der Waals surface area contributed by atoms with Crippen LogP contribution in [0.2, 0.25) is 5.02 Å². The van der Waals surface area contributed by atoms with Gasteiger partial charge in [-0.15, -0.1) is 0 Å². The van der Waals surface area contributed by atoms with Gasteiger partial charge >= 0.3 is 0 Å². The molecule has 16 heavy (non-hydrogen) atoms. The maximum Gasteiger partial charge on any atom is 0.153 e. The van der Waals surface area contributed by atoms with Crippen molar-refractivity contribution >= 4 is 22.6 Å². The summed E-state index contributed by atoms with van der Waals surface area (Å²) in [6.45, 7) is 2.88. The number of hydrogen-bond acceptors (Lipinski definition) is 2. The minimum atomic E-state index is 0.693. The van der Waals surface area contributed by atoms with Gasteiger partial charge in [-0.3, -0.25) is 0 Å². The number of benzene rings is 1. The van der Waals surface area contributed by atoms with Crippen molar-refractivity contribution in [2.75, 3.05) is 0 Å². The van der Waals surface area contributed by atoms with Crippen molar-refractivity contribution < 1.29 is 4.42 Å². The minimum absolute atomic E-state index is 0.693. The molecule has 1 heterocycles. The van der Waals surface area contributed by atoms with Gasteiger partial charge in [0.1, 0.15) is 5.76 Å². The first-order valence-electron chi connectivity index (χ1n) is 5.65. The molecule has 0 atom stereocenters. The Balaban J connectivity index is 1.94. The largest absolute Gasteiger partial charge is 0.458 e. The first-order chi connectivity index (χ1) is 7.74. The monoisotopic (exact) mass is 235 g/mol. The molecule has 1 aromatic carbocycles. The van der Waals surface area contributed by atoms with E-state index < -0.39 is 0 Å². The Morgan fingerprint density at radius 2 is 2.25 bits per heavy atom. The third-order valence-corrected chi connectivity index (χ3v) is 3.34. The average Bonchev–Trinajstić information content (AvgIpc) is 2.99. The number of nitrogens with one attached hydrogen (secondary N) is 1. The van der Waals surface area contributed by atoms with Gasteiger partial charge in [0.05, 0.1) is 11.6 Å². The molecule has 0 unspecified atom stereocenters. The number of furan rings is 1. The van der Waals surface area contributed by atoms with Crippen LogP contribution >= 0.6 is 11.6 Å². The van der Waals surface area contributed by atoms with E-state index in [2.05, 4.69) is 18.3 Å². The van der Waals surface area contributed by atoms with E-state index in [4.69, 9.17) is 16.0 Å². The summed E-state index contributed by atoms with van der Waals surface area (Å²) < 4.78 is 5.76. The van der Waals surface area contributed by atoms with Crippen LogP contribution in [-0.2, 0) is 6.54 Å². The van der Waals surface area contributed by atoms with Crippen LogP contribution in [0.25, 0.3) is 11.0 Å². The molecule has 3 heteroatoms. The molecule has 0 saturated heterocycles. The summed E-state index contributed by atoms with van der Waals surface area (Å²) in [5, 5.41) is 5.25. The highest BCUT2D eigenvalue weighted by molar-refractivity contribution is 6.34. The highest BCUT2D eigenvalue weighted by Gasteiger charge is 2.20. The zero-order valence-corrected chi connectivity index (χ0v) is 9.97. The van der Waals surface area contributed by atoms with Gasteiger partial charge in [-0.25, -0.2) is 0 Å². The van der Waals surface area contributed by atoms with Gasteiger partial charge in [0, 0.05) is 11.4 Å². The number of fused-ring (bicyclic) bond motifs is 1. The normalized spacial score (nSPS) is 15.9. The van der Waals surface area contributed by atoms with Crippen molar-refractivity contribution in [3.05, 3.63) is 34.5 Å². The van der Waals surface area contributed by atoms with E-state index in [0.29, 0.717) is 11.1 Å². The Kier molecular flexibility index (Phi) is 2.41. The van der Waals surface area contributed by atoms with E-state index in [1.165, 1.54) is 18.4 Å². The molecule has 0 amide bonds. The lowest BCUT2D eigenvalue weighted by Crippen LogP contribution is -2.14. The molecule has 84 valence electrons. The van der Waals surface area contributed by atoms with E-state index in [1.807, 2.05) is 12.1 Å². The second kappa shape index (κ2) is 3.79. The molecule has 1 N–H and O–H groups in total. The number of rotatable bonds is 3. The van der Waals surface area contributed by atoms with Gasteiger partial charge in [0.15, 0.2) is 5.58 Å². The van der Waals surface area contributed by atoms with Gasteiger partial charge in [-0.2, -0.15) is 0 Å². The fourth-order valence-corrected chi connectivity index (χ4v) is 2.10. The molecule has 1 saturated carbocycles. The molecule has 0 bridgehead atoms. The minimum Gasteiger partial charge on any atom is -0.458 e. The number of halogens is 1. The van der Waals surface area contributed by atoms with E-state index in [0.717, 1.165) is 23.3 Å². The van der Waals surface area contributed by atoms with Crippen molar-refractivity contribution in [1.29, 1.82) is 0 Å². The van der Waals surface area contributed by atoms with Crippen LogP contribution in [0.4, 0.5) is 0 Å². The molecule has 1 fully saturated rings. The zero-order valence-electron chi connectivity index (χ0n) is 9.22. The molecule has 0 radical (unpaired) electrons. The van der Waals surface area contributed by atoms with E-state index in [-0.39, 0.29) is 0 Å². The molecule has 3 rings (SSSR count). The highest BCUT2D eigenvalue weighted by atomic mass is 35.5. The van der Waals surface area contributed by atoms with Gasteiger partial charge in [0.2, 0.25) is 0 Å². The van der Waals surface area contributed by atoms with Crippen LogP contribution < -0.4 is 5.32 Å². The Morgan fingerprint density at radius 3 is 2.94 bits per heavy atom. The molecule has 1 aliphatic carbocycles. The van der Waals surface area contributed by atoms with E-state index in [9.17, 15) is 0 Å². The molecule has 0 aliphatic heterocycles. The smallest absolute Gasteiger partial charge is 0.153 e. The Hall–Kier alpha value is -0.990. The van der Waals surface area contributed by atoms with Gasteiger partial charge in [0.25, 0.3) is 0 Å². The second-order valence-electron chi connectivity index (χ2n) is 4.47. The van der Waals surface area contributed by atoms with Crippen molar-refractivity contribution in [2.24, 2.45) is 0 Å². The lowest BCUT2D eigenvalue weighted by molar-refractivity contribution is 0.512. The number of hydrogen-bond donors (Lipinski definition) is 1. The quantitative estimate of drug-likeness (QED) is 0.879. The van der Waals surface area contributed by atoms with Crippen LogP contribution in [0.5, 0.6) is 0 Å². The summed E-state index contributed by atoms with van der Waals surface area (Å²) in [6.07, 6.45) is 2.58. The van der Waals surface area contributed by atoms with Crippen LogP contribution in [0.15, 0.2) is 22.6 Å². The first kappa shape index (κ1) is 10.2. The average molecular weight is 236 g/mol. The van der Waals surface area contributed by atoms with Crippen molar-refractivity contribution in [1.82, 2.24) is 5.32 Å². The van der Waals surface area contributed by atoms with Crippen molar-refractivity contribution in [3.8, 4) is 0 Å². The topological polar surface area (TPSA) is 25.2 Å². The van der Waals surface area contributed by atoms with Crippen LogP contribution in [0, 0.1) is 6.92 Å². The lowest BCUT2D eigenvalue weighted by atomic mass is 10.1. The second-order valence-corrected chi connectivity index (χ2v) is 4.88. The van der Waals surface area contributed by atoms with Gasteiger partial charge in [-0.1, -0.05) is 17.7 Å².